The zero-order valence-electron chi connectivity index (χ0n) is 36.9. The van der Waals surface area contributed by atoms with Crippen LogP contribution in [0.5, 0.6) is 0 Å². The summed E-state index contributed by atoms with van der Waals surface area (Å²) in [6, 6.07) is 6.00. The molecule has 0 spiro atoms. The van der Waals surface area contributed by atoms with Gasteiger partial charge < -0.3 is 0 Å². The molecule has 0 amide bonds. The summed E-state index contributed by atoms with van der Waals surface area (Å²) in [6.45, 7) is 3.12. The normalized spacial score (nSPS) is 11.6. The van der Waals surface area contributed by atoms with Gasteiger partial charge in [-0.15, -0.1) is 21.9 Å². The molecule has 0 aliphatic rings. The van der Waals surface area contributed by atoms with Crippen molar-refractivity contribution in [3.8, 4) is 0 Å². The third-order valence-corrected chi connectivity index (χ3v) is 11.6. The monoisotopic (exact) mass is 1030 g/mol. The van der Waals surface area contributed by atoms with E-state index in [1.165, 1.54) is 103 Å². The summed E-state index contributed by atoms with van der Waals surface area (Å²) < 4.78 is 296. The molecule has 0 saturated heterocycles. The zero-order chi connectivity index (χ0) is 52.2. The van der Waals surface area contributed by atoms with Crippen LogP contribution in [0.15, 0.2) is 30.6 Å². The SMILES string of the molecule is CCCCCCCCCCCCCCCCCCO[n+]1ccccc1.Fc1c(F)c(F)c([B-](c2c(F)c(F)c(F)c(F)c2F)(c2c(F)c(F)c(F)c(F)c2F)c2c(F)c(F)c(F)c(F)c2F)c(F)c1F. The minimum Gasteiger partial charge on any atom is -0.271 e. The number of nitrogens with zero attached hydrogens (tertiary/aromatic N) is 1. The van der Waals surface area contributed by atoms with Crippen molar-refractivity contribution in [3.05, 3.63) is 147 Å². The van der Waals surface area contributed by atoms with Gasteiger partial charge in [0.2, 0.25) is 12.4 Å². The van der Waals surface area contributed by atoms with E-state index in [9.17, 15) is 52.7 Å². The van der Waals surface area contributed by atoms with Crippen molar-refractivity contribution in [1.82, 2.24) is 0 Å². The second-order valence-electron chi connectivity index (χ2n) is 16.2. The number of halogens is 20. The van der Waals surface area contributed by atoms with E-state index in [0.29, 0.717) is 0 Å². The number of aromatic nitrogens is 1. The first kappa shape index (κ1) is 57.1. The fourth-order valence-corrected chi connectivity index (χ4v) is 8.16. The maximum atomic E-state index is 15.4. The lowest BCUT2D eigenvalue weighted by Gasteiger charge is -2.44. The number of unbranched alkanes of at least 4 members (excludes halogenated alkanes) is 15. The lowest BCUT2D eigenvalue weighted by Crippen LogP contribution is -2.81. The van der Waals surface area contributed by atoms with Gasteiger partial charge in [0.15, 0.2) is 76.4 Å². The van der Waals surface area contributed by atoms with E-state index in [2.05, 4.69) is 6.92 Å². The van der Waals surface area contributed by atoms with Gasteiger partial charge in [0.05, 0.1) is 0 Å². The summed E-state index contributed by atoms with van der Waals surface area (Å²) in [6.07, 6.45) is 19.2. The molecule has 0 aliphatic heterocycles. The summed E-state index contributed by atoms with van der Waals surface area (Å²) in [7, 11) is 0. The maximum Gasteiger partial charge on any atom is 0.222 e. The van der Waals surface area contributed by atoms with Crippen molar-refractivity contribution in [3.63, 3.8) is 0 Å². The Hall–Kier alpha value is -5.51. The Balaban J connectivity index is 0.000000361. The smallest absolute Gasteiger partial charge is 0.222 e. The molecule has 0 saturated carbocycles. The van der Waals surface area contributed by atoms with Gasteiger partial charge in [-0.05, 0) is 12.8 Å². The summed E-state index contributed by atoms with van der Waals surface area (Å²) in [4.78, 5) is 5.64. The van der Waals surface area contributed by atoms with E-state index >= 15 is 35.1 Å². The second-order valence-corrected chi connectivity index (χ2v) is 16.2. The Bertz CT molecular complexity index is 2210. The van der Waals surface area contributed by atoms with E-state index in [1.54, 1.807) is 4.73 Å². The van der Waals surface area contributed by atoms with Gasteiger partial charge >= 0.3 is 0 Å². The molecular weight excluding hydrogens is 985 g/mol. The van der Waals surface area contributed by atoms with Crippen LogP contribution >= 0.6 is 0 Å². The minimum absolute atomic E-state index is 0.827. The van der Waals surface area contributed by atoms with Crippen LogP contribution in [-0.4, -0.2) is 12.8 Å². The molecule has 5 rings (SSSR count). The molecule has 0 unspecified atom stereocenters. The maximum absolute atomic E-state index is 15.4. The van der Waals surface area contributed by atoms with E-state index in [-0.39, 0.29) is 0 Å². The van der Waals surface area contributed by atoms with Crippen molar-refractivity contribution in [2.45, 2.75) is 110 Å². The Morgan fingerprint density at radius 1 is 0.286 bits per heavy atom. The zero-order valence-corrected chi connectivity index (χ0v) is 36.9. The highest BCUT2D eigenvalue weighted by atomic mass is 19.2. The third kappa shape index (κ3) is 11.8. The summed E-state index contributed by atoms with van der Waals surface area (Å²) >= 11 is 0. The molecule has 0 aliphatic carbocycles. The summed E-state index contributed by atoms with van der Waals surface area (Å²) in [5.41, 5.74) is -14.3. The van der Waals surface area contributed by atoms with Crippen molar-refractivity contribution in [2.24, 2.45) is 0 Å². The molecule has 384 valence electrons. The van der Waals surface area contributed by atoms with Crippen molar-refractivity contribution in [2.75, 3.05) is 6.61 Å². The van der Waals surface area contributed by atoms with Crippen LogP contribution in [0.25, 0.3) is 0 Å². The number of hydrogen-bond donors (Lipinski definition) is 0. The van der Waals surface area contributed by atoms with Crippen LogP contribution in [0.1, 0.15) is 110 Å². The highest BCUT2D eigenvalue weighted by Gasteiger charge is 2.52. The van der Waals surface area contributed by atoms with Crippen molar-refractivity contribution in [1.29, 1.82) is 0 Å². The van der Waals surface area contributed by atoms with Gasteiger partial charge in [-0.25, -0.2) is 87.8 Å². The first-order chi connectivity index (χ1) is 33.1. The fourth-order valence-electron chi connectivity index (χ4n) is 8.16. The van der Waals surface area contributed by atoms with E-state index in [4.69, 9.17) is 4.84 Å². The molecule has 4 aromatic carbocycles. The van der Waals surface area contributed by atoms with Gasteiger partial charge in [-0.3, -0.25) is 4.84 Å². The second kappa shape index (κ2) is 25.6. The van der Waals surface area contributed by atoms with Crippen molar-refractivity contribution < 1.29 is 97.4 Å². The lowest BCUT2D eigenvalue weighted by molar-refractivity contribution is -0.891. The van der Waals surface area contributed by atoms with E-state index < -0.39 is 144 Å². The van der Waals surface area contributed by atoms with Crippen LogP contribution < -0.4 is 31.4 Å². The van der Waals surface area contributed by atoms with Crippen LogP contribution in [0.2, 0.25) is 0 Å². The average molecular weight is 1030 g/mol. The molecule has 23 heteroatoms. The molecule has 0 N–H and O–H groups in total. The van der Waals surface area contributed by atoms with Crippen LogP contribution in [-0.2, 0) is 0 Å². The molecule has 5 aromatic rings. The first-order valence-corrected chi connectivity index (χ1v) is 22.0. The average Bonchev–Trinajstić information content (AvgIpc) is 3.35. The highest BCUT2D eigenvalue weighted by molar-refractivity contribution is 7.20. The van der Waals surface area contributed by atoms with Gasteiger partial charge in [0.25, 0.3) is 0 Å². The van der Waals surface area contributed by atoms with Crippen LogP contribution in [0, 0.1) is 116 Å². The van der Waals surface area contributed by atoms with Gasteiger partial charge in [-0.1, -0.05) is 103 Å². The molecule has 0 atom stereocenters. The number of pyridine rings is 1. The van der Waals surface area contributed by atoms with Gasteiger partial charge in [0.1, 0.15) is 52.7 Å². The fraction of sp³-hybridized carbons (Fsp3) is 0.383. The predicted molar refractivity (Wildman–Crippen MR) is 217 cm³/mol. The molecule has 0 bridgehead atoms. The number of rotatable bonds is 22. The highest BCUT2D eigenvalue weighted by Crippen LogP contribution is 2.31. The predicted octanol–water partition coefficient (Wildman–Crippen LogP) is 12.5. The van der Waals surface area contributed by atoms with E-state index in [0.717, 1.165) is 6.61 Å². The van der Waals surface area contributed by atoms with E-state index in [1.807, 2.05) is 30.6 Å². The Labute approximate surface area is 388 Å². The molecule has 1 aromatic heterocycles. The summed E-state index contributed by atoms with van der Waals surface area (Å²) in [5.74, 6) is -71.4. The van der Waals surface area contributed by atoms with Crippen molar-refractivity contribution >= 4 is 28.0 Å². The minimum atomic E-state index is -7.22. The lowest BCUT2D eigenvalue weighted by atomic mass is 9.12. The van der Waals surface area contributed by atoms with Gasteiger partial charge in [0, 0.05) is 16.9 Å². The summed E-state index contributed by atoms with van der Waals surface area (Å²) in [5, 5.41) is 0. The third-order valence-electron chi connectivity index (χ3n) is 11.6. The molecule has 2 nitrogen and oxygen atoms in total. The molecule has 0 radical (unpaired) electrons. The Morgan fingerprint density at radius 2 is 0.486 bits per heavy atom. The largest absolute Gasteiger partial charge is 0.271 e. The molecule has 1 heterocycles. The Morgan fingerprint density at radius 3 is 0.714 bits per heavy atom. The standard InChI is InChI=1S/C24BF20.C23H42NO/c26-5-1(6(27)14(35)21(42)13(5)34)25(2-7(28)15(36)22(43)16(37)8(2)29,3-9(30)17(38)23(44)18(39)10(3)31)4-11(32)19(40)24(45)20(41)12(4)33;1-2-3-4-5-6-7-8-9-10-11-12-13-14-15-16-20-23-25-24-21-18-17-19-22-24/h;17-19,21-22H,2-16,20,23H2,1H3/q-1;+1. The Kier molecular flexibility index (Phi) is 20.8. The topological polar surface area (TPSA) is 13.1 Å². The van der Waals surface area contributed by atoms with Gasteiger partial charge in [-0.2, -0.15) is 0 Å². The molecular formula is C47H42BF20NO. The number of benzene rings is 4. The van der Waals surface area contributed by atoms with Crippen LogP contribution in [0.3, 0.4) is 0 Å². The number of hydrogen-bond acceptors (Lipinski definition) is 1. The first-order valence-electron chi connectivity index (χ1n) is 22.0. The quantitative estimate of drug-likeness (QED) is 0.0168. The molecule has 0 fully saturated rings. The van der Waals surface area contributed by atoms with Crippen LogP contribution in [0.4, 0.5) is 87.8 Å². The molecule has 70 heavy (non-hydrogen) atoms.